The van der Waals surface area contributed by atoms with Crippen molar-refractivity contribution >= 4 is 20.7 Å². The van der Waals surface area contributed by atoms with Crippen molar-refractivity contribution < 1.29 is 46.1 Å². The topological polar surface area (TPSA) is 3.24 Å². The van der Waals surface area contributed by atoms with Gasteiger partial charge in [-0.2, -0.15) is 0 Å². The molecule has 5 rings (SSSR count). The number of para-hydroxylation sites is 1. The predicted octanol–water partition coefficient (Wildman–Crippen LogP) is 0.842. The van der Waals surface area contributed by atoms with Gasteiger partial charge in [-0.15, -0.1) is 0 Å². The first-order valence-electron chi connectivity index (χ1n) is 10.6. The van der Waals surface area contributed by atoms with Crippen molar-refractivity contribution in [2.45, 2.75) is 33.7 Å². The fourth-order valence-corrected chi connectivity index (χ4v) is 13.4. The Hall–Kier alpha value is -1.12. The van der Waals surface area contributed by atoms with E-state index < -0.39 is 21.3 Å². The van der Waals surface area contributed by atoms with E-state index in [4.69, 9.17) is 0 Å². The van der Waals surface area contributed by atoms with Crippen LogP contribution in [0.15, 0.2) is 106 Å². The summed E-state index contributed by atoms with van der Waals surface area (Å²) in [6.45, 7) is 9.41. The first kappa shape index (κ1) is 25.5. The molecular weight excluding hydrogens is 533 g/mol. The Morgan fingerprint density at radius 2 is 1.75 bits per heavy atom. The Bertz CT molecular complexity index is 1210. The average Bonchev–Trinajstić information content (AvgIpc) is 3.45. The van der Waals surface area contributed by atoms with Gasteiger partial charge in [0.05, 0.1) is 0 Å². The van der Waals surface area contributed by atoms with Crippen molar-refractivity contribution in [2.24, 2.45) is 0 Å². The second-order valence-electron chi connectivity index (χ2n) is 8.47. The molecule has 1 heterocycles. The molecule has 0 saturated heterocycles. The van der Waals surface area contributed by atoms with Crippen molar-refractivity contribution in [3.8, 4) is 0 Å². The second-order valence-corrected chi connectivity index (χ2v) is 16.2. The van der Waals surface area contributed by atoms with E-state index >= 15 is 0 Å². The molecule has 3 aliphatic carbocycles. The third kappa shape index (κ3) is 4.00. The Kier molecular flexibility index (Phi) is 7.99. The zero-order valence-electron chi connectivity index (χ0n) is 19.0. The number of halogens is 2. The molecular formula is C27H27Cl2NSZr. The Morgan fingerprint density at radius 3 is 2.41 bits per heavy atom. The molecule has 1 aromatic rings. The molecule has 164 valence electrons. The normalized spacial score (nSPS) is 20.0. The molecule has 0 saturated carbocycles. The summed E-state index contributed by atoms with van der Waals surface area (Å²) in [5.74, 6) is 0. The van der Waals surface area contributed by atoms with Gasteiger partial charge < -0.3 is 24.8 Å². The van der Waals surface area contributed by atoms with Crippen LogP contribution in [-0.2, 0) is 21.3 Å². The van der Waals surface area contributed by atoms with Gasteiger partial charge in [-0.25, -0.2) is 0 Å². The van der Waals surface area contributed by atoms with Crippen molar-refractivity contribution in [3.63, 3.8) is 0 Å². The minimum atomic E-state index is -2.22. The number of anilines is 1. The summed E-state index contributed by atoms with van der Waals surface area (Å²) in [4.78, 5) is 3.95. The van der Waals surface area contributed by atoms with E-state index in [1.165, 1.54) is 38.6 Å². The molecule has 1 unspecified atom stereocenters. The largest absolute Gasteiger partial charge is 1.00 e. The van der Waals surface area contributed by atoms with E-state index in [0.717, 1.165) is 0 Å². The number of rotatable bonds is 4. The third-order valence-electron chi connectivity index (χ3n) is 6.29. The molecule has 0 bridgehead atoms. The van der Waals surface area contributed by atoms with Gasteiger partial charge in [-0.3, -0.25) is 0 Å². The van der Waals surface area contributed by atoms with E-state index in [1.807, 2.05) is 11.8 Å². The van der Waals surface area contributed by atoms with Gasteiger partial charge in [0.25, 0.3) is 0 Å². The predicted molar refractivity (Wildman–Crippen MR) is 129 cm³/mol. The summed E-state index contributed by atoms with van der Waals surface area (Å²) in [5, 5.41) is 0. The van der Waals surface area contributed by atoms with Crippen LogP contribution in [0.4, 0.5) is 5.69 Å². The van der Waals surface area contributed by atoms with E-state index in [2.05, 4.69) is 106 Å². The summed E-state index contributed by atoms with van der Waals surface area (Å²) in [5.41, 5.74) is 8.61. The maximum Gasteiger partial charge on any atom is -1.00 e. The quantitative estimate of drug-likeness (QED) is 0.538. The Labute approximate surface area is 216 Å². The van der Waals surface area contributed by atoms with Crippen LogP contribution in [0.3, 0.4) is 0 Å². The van der Waals surface area contributed by atoms with Crippen LogP contribution in [0.25, 0.3) is 0 Å². The van der Waals surface area contributed by atoms with Gasteiger partial charge >= 0.3 is 193 Å². The average molecular weight is 560 g/mol. The fourth-order valence-electron chi connectivity index (χ4n) is 5.08. The number of allylic oxidation sites excluding steroid dienone is 10. The van der Waals surface area contributed by atoms with Crippen LogP contribution < -0.4 is 29.7 Å². The number of thioether (sulfide) groups is 1. The van der Waals surface area contributed by atoms with Gasteiger partial charge in [0.1, 0.15) is 0 Å². The monoisotopic (exact) mass is 557 g/mol. The first-order chi connectivity index (χ1) is 14.5. The van der Waals surface area contributed by atoms with Crippen LogP contribution in [-0.4, -0.2) is 15.5 Å². The molecule has 0 spiro atoms. The number of fused-ring (bicyclic) bond motifs is 2. The van der Waals surface area contributed by atoms with E-state index in [9.17, 15) is 0 Å². The molecule has 0 amide bonds. The maximum atomic E-state index is 2.51. The van der Waals surface area contributed by atoms with Crippen LogP contribution in [0.5, 0.6) is 0 Å². The van der Waals surface area contributed by atoms with Gasteiger partial charge in [-0.05, 0) is 0 Å². The van der Waals surface area contributed by atoms with Crippen LogP contribution in [0.2, 0.25) is 0 Å². The SMILES string of the molecule is CSC1=C2C(=CC=[C]2[Zr+2]([C]2=C(C)C=C3C2=CC(C)N3c2ccccc2)=[C](C)C)C=C1.[Cl-].[Cl-]. The maximum absolute atomic E-state index is 2.51. The summed E-state index contributed by atoms with van der Waals surface area (Å²) in [7, 11) is 0. The van der Waals surface area contributed by atoms with Gasteiger partial charge in [0.2, 0.25) is 0 Å². The van der Waals surface area contributed by atoms with E-state index in [0.29, 0.717) is 6.04 Å². The third-order valence-corrected chi connectivity index (χ3v) is 14.7. The molecule has 0 fully saturated rings. The zero-order valence-corrected chi connectivity index (χ0v) is 23.8. The van der Waals surface area contributed by atoms with Crippen LogP contribution in [0.1, 0.15) is 27.7 Å². The zero-order chi connectivity index (χ0) is 21.0. The van der Waals surface area contributed by atoms with Crippen LogP contribution in [0, 0.1) is 0 Å². The summed E-state index contributed by atoms with van der Waals surface area (Å²) in [6.07, 6.45) is 16.5. The smallest absolute Gasteiger partial charge is 1.00 e. The number of benzene rings is 1. The van der Waals surface area contributed by atoms with Crippen molar-refractivity contribution in [3.05, 3.63) is 106 Å². The van der Waals surface area contributed by atoms with Crippen molar-refractivity contribution in [2.75, 3.05) is 11.2 Å². The fraction of sp³-hybridized carbons (Fsp3) is 0.222. The van der Waals surface area contributed by atoms with Gasteiger partial charge in [0.15, 0.2) is 0 Å². The van der Waals surface area contributed by atoms with Crippen LogP contribution >= 0.6 is 11.8 Å². The second kappa shape index (κ2) is 10.0. The number of hydrogen-bond donors (Lipinski definition) is 0. The van der Waals surface area contributed by atoms with Gasteiger partial charge in [-0.1, -0.05) is 0 Å². The standard InChI is InChI=1S/C15H14N.C9H7S.C3H6.2ClH.Zr/c1-11-8-13-10-12(2)16(15(13)9-11)14-6-4-3-5-7-14;1-10-9-6-5-7-3-2-4-8(7)9;1-3-2;;;/h3-7,9-10,12H,1-2H3;2-3,5-6H,1H3;1-2H3;2*1H;/q;;;;;+2/p-2. The number of nitrogens with zero attached hydrogens (tertiary/aromatic N) is 1. The van der Waals surface area contributed by atoms with Gasteiger partial charge in [0, 0.05) is 0 Å². The number of hydrogen-bond acceptors (Lipinski definition) is 2. The molecule has 1 aromatic carbocycles. The summed E-state index contributed by atoms with van der Waals surface area (Å²) < 4.78 is 4.98. The first-order valence-corrected chi connectivity index (χ1v) is 15.5. The Morgan fingerprint density at radius 1 is 1.03 bits per heavy atom. The molecule has 1 nitrogen and oxygen atoms in total. The molecule has 1 aliphatic heterocycles. The van der Waals surface area contributed by atoms with E-state index in [-0.39, 0.29) is 24.8 Å². The molecule has 1 atom stereocenters. The summed E-state index contributed by atoms with van der Waals surface area (Å²) in [6, 6.07) is 11.2. The summed E-state index contributed by atoms with van der Waals surface area (Å²) >= 11 is -0.332. The molecule has 0 N–H and O–H groups in total. The molecule has 4 aliphatic rings. The molecule has 0 aromatic heterocycles. The molecule has 5 heteroatoms. The minimum Gasteiger partial charge on any atom is -1.00 e. The minimum absolute atomic E-state index is 0. The van der Waals surface area contributed by atoms with Crippen molar-refractivity contribution in [1.29, 1.82) is 0 Å². The molecule has 32 heavy (non-hydrogen) atoms. The van der Waals surface area contributed by atoms with E-state index in [1.54, 1.807) is 9.77 Å². The Balaban J connectivity index is 0.00000144. The molecule has 0 radical (unpaired) electrons. The van der Waals surface area contributed by atoms with Crippen molar-refractivity contribution in [1.82, 2.24) is 0 Å².